The number of rotatable bonds is 3. The number of nitrogens with zero attached hydrogens (tertiary/aromatic N) is 1. The summed E-state index contributed by atoms with van der Waals surface area (Å²) in [7, 11) is -4.20. The first kappa shape index (κ1) is 14.5. The van der Waals surface area contributed by atoms with Gasteiger partial charge < -0.3 is 4.52 Å². The maximum absolute atomic E-state index is 11.1. The summed E-state index contributed by atoms with van der Waals surface area (Å²) in [6.45, 7) is 2.00. The smallest absolute Gasteiger partial charge is 0.294 e. The average Bonchev–Trinajstić information content (AvgIpc) is 2.96. The molecule has 3 aromatic rings. The van der Waals surface area contributed by atoms with Crippen molar-refractivity contribution in [2.45, 2.75) is 11.8 Å². The van der Waals surface area contributed by atoms with Crippen molar-refractivity contribution in [1.82, 2.24) is 5.16 Å². The van der Waals surface area contributed by atoms with Crippen molar-refractivity contribution in [1.29, 1.82) is 0 Å². The Kier molecular flexibility index (Phi) is 3.56. The summed E-state index contributed by atoms with van der Waals surface area (Å²) in [4.78, 5) is -0.156. The minimum atomic E-state index is -4.20. The van der Waals surface area contributed by atoms with Gasteiger partial charge in [-0.2, -0.15) is 8.42 Å². The fourth-order valence-electron chi connectivity index (χ4n) is 2.25. The van der Waals surface area contributed by atoms with Crippen molar-refractivity contribution in [3.8, 4) is 22.4 Å². The average molecular weight is 315 g/mol. The molecule has 0 aliphatic rings. The molecular formula is C16H13NO4S. The molecule has 0 unspecified atom stereocenters. The molecule has 22 heavy (non-hydrogen) atoms. The molecule has 3 rings (SSSR count). The Hall–Kier alpha value is -2.44. The van der Waals surface area contributed by atoms with E-state index in [0.717, 1.165) is 16.7 Å². The number of benzene rings is 2. The zero-order valence-corrected chi connectivity index (χ0v) is 12.5. The molecule has 0 bridgehead atoms. The molecule has 0 amide bonds. The van der Waals surface area contributed by atoms with Gasteiger partial charge in [-0.3, -0.25) is 4.55 Å². The van der Waals surface area contributed by atoms with Crippen LogP contribution in [0.1, 0.15) is 5.56 Å². The van der Waals surface area contributed by atoms with E-state index in [0.29, 0.717) is 11.3 Å². The monoisotopic (exact) mass is 315 g/mol. The fourth-order valence-corrected chi connectivity index (χ4v) is 2.73. The van der Waals surface area contributed by atoms with Crippen LogP contribution in [0.4, 0.5) is 0 Å². The van der Waals surface area contributed by atoms with Gasteiger partial charge in [0.15, 0.2) is 0 Å². The van der Waals surface area contributed by atoms with E-state index in [4.69, 9.17) is 9.08 Å². The normalized spacial score (nSPS) is 11.5. The third-order valence-corrected chi connectivity index (χ3v) is 4.19. The fraction of sp³-hybridized carbons (Fsp3) is 0.0625. The van der Waals surface area contributed by atoms with E-state index in [1.54, 1.807) is 18.4 Å². The summed E-state index contributed by atoms with van der Waals surface area (Å²) >= 11 is 0. The number of aryl methyl sites for hydroxylation is 1. The molecule has 0 atom stereocenters. The van der Waals surface area contributed by atoms with E-state index in [2.05, 4.69) is 5.16 Å². The molecule has 0 spiro atoms. The topological polar surface area (TPSA) is 80.4 Å². The molecule has 5 nitrogen and oxygen atoms in total. The zero-order chi connectivity index (χ0) is 15.7. The van der Waals surface area contributed by atoms with Crippen molar-refractivity contribution >= 4 is 10.1 Å². The second kappa shape index (κ2) is 5.40. The van der Waals surface area contributed by atoms with Gasteiger partial charge in [0.05, 0.1) is 4.90 Å². The molecule has 0 saturated heterocycles. The van der Waals surface area contributed by atoms with Crippen LogP contribution in [0, 0.1) is 6.92 Å². The molecule has 0 aliphatic heterocycles. The SMILES string of the molecule is Cc1cccc(-c2conc2-c2ccc(S(=O)(=O)O)cc2)c1. The van der Waals surface area contributed by atoms with Gasteiger partial charge in [0.2, 0.25) is 0 Å². The lowest BCUT2D eigenvalue weighted by molar-refractivity contribution is 0.422. The van der Waals surface area contributed by atoms with Gasteiger partial charge in [0, 0.05) is 11.1 Å². The molecular weight excluding hydrogens is 302 g/mol. The molecule has 0 saturated carbocycles. The van der Waals surface area contributed by atoms with Gasteiger partial charge in [-0.1, -0.05) is 47.1 Å². The van der Waals surface area contributed by atoms with Crippen LogP contribution >= 0.6 is 0 Å². The van der Waals surface area contributed by atoms with Gasteiger partial charge in [0.25, 0.3) is 10.1 Å². The lowest BCUT2D eigenvalue weighted by atomic mass is 10.0. The van der Waals surface area contributed by atoms with Crippen LogP contribution in [0.2, 0.25) is 0 Å². The van der Waals surface area contributed by atoms with Crippen molar-refractivity contribution in [3.63, 3.8) is 0 Å². The maximum Gasteiger partial charge on any atom is 0.294 e. The van der Waals surface area contributed by atoms with Gasteiger partial charge in [-0.05, 0) is 24.6 Å². The molecule has 1 heterocycles. The van der Waals surface area contributed by atoms with E-state index < -0.39 is 10.1 Å². The van der Waals surface area contributed by atoms with Crippen molar-refractivity contribution in [2.24, 2.45) is 0 Å². The van der Waals surface area contributed by atoms with Crippen molar-refractivity contribution < 1.29 is 17.5 Å². The van der Waals surface area contributed by atoms with E-state index in [-0.39, 0.29) is 4.90 Å². The summed E-state index contributed by atoms with van der Waals surface area (Å²) in [6, 6.07) is 13.7. The highest BCUT2D eigenvalue weighted by Crippen LogP contribution is 2.31. The van der Waals surface area contributed by atoms with E-state index in [9.17, 15) is 8.42 Å². The highest BCUT2D eigenvalue weighted by Gasteiger charge is 2.14. The number of hydrogen-bond donors (Lipinski definition) is 1. The van der Waals surface area contributed by atoms with Crippen LogP contribution in [0.5, 0.6) is 0 Å². The van der Waals surface area contributed by atoms with Crippen LogP contribution in [-0.4, -0.2) is 18.1 Å². The zero-order valence-electron chi connectivity index (χ0n) is 11.7. The Morgan fingerprint density at radius 2 is 1.77 bits per heavy atom. The van der Waals surface area contributed by atoms with E-state index in [1.807, 2.05) is 31.2 Å². The van der Waals surface area contributed by atoms with Crippen LogP contribution in [0.3, 0.4) is 0 Å². The summed E-state index contributed by atoms with van der Waals surface area (Å²) in [5.74, 6) is 0. The second-order valence-corrected chi connectivity index (χ2v) is 6.37. The van der Waals surface area contributed by atoms with Gasteiger partial charge in [-0.25, -0.2) is 0 Å². The van der Waals surface area contributed by atoms with E-state index in [1.165, 1.54) is 12.1 Å². The molecule has 112 valence electrons. The first-order chi connectivity index (χ1) is 10.4. The first-order valence-corrected chi connectivity index (χ1v) is 7.98. The van der Waals surface area contributed by atoms with Crippen LogP contribution < -0.4 is 0 Å². The highest BCUT2D eigenvalue weighted by atomic mass is 32.2. The summed E-state index contributed by atoms with van der Waals surface area (Å²) in [5.41, 5.74) is 4.23. The molecule has 0 aliphatic carbocycles. The molecule has 1 N–H and O–H groups in total. The lowest BCUT2D eigenvalue weighted by Gasteiger charge is -2.04. The van der Waals surface area contributed by atoms with Gasteiger partial charge >= 0.3 is 0 Å². The molecule has 0 radical (unpaired) electrons. The Morgan fingerprint density at radius 1 is 1.05 bits per heavy atom. The summed E-state index contributed by atoms with van der Waals surface area (Å²) in [6.07, 6.45) is 1.56. The Balaban J connectivity index is 2.06. The predicted octanol–water partition coefficient (Wildman–Crippen LogP) is 3.56. The minimum absolute atomic E-state index is 0.156. The maximum atomic E-state index is 11.1. The Labute approximate surface area is 128 Å². The first-order valence-electron chi connectivity index (χ1n) is 6.54. The quantitative estimate of drug-likeness (QED) is 0.747. The molecule has 6 heteroatoms. The largest absolute Gasteiger partial charge is 0.363 e. The van der Waals surface area contributed by atoms with Crippen LogP contribution in [0.25, 0.3) is 22.4 Å². The van der Waals surface area contributed by atoms with Gasteiger partial charge in [-0.15, -0.1) is 0 Å². The predicted molar refractivity (Wildman–Crippen MR) is 81.9 cm³/mol. The van der Waals surface area contributed by atoms with Gasteiger partial charge in [0.1, 0.15) is 12.0 Å². The summed E-state index contributed by atoms with van der Waals surface area (Å²) < 4.78 is 36.2. The van der Waals surface area contributed by atoms with Crippen molar-refractivity contribution in [3.05, 3.63) is 60.4 Å². The highest BCUT2D eigenvalue weighted by molar-refractivity contribution is 7.85. The standard InChI is InChI=1S/C16H13NO4S/c1-11-3-2-4-13(9-11)15-10-21-17-16(15)12-5-7-14(8-6-12)22(18,19)20/h2-10H,1H3,(H,18,19,20). The Morgan fingerprint density at radius 3 is 2.41 bits per heavy atom. The van der Waals surface area contributed by atoms with Crippen LogP contribution in [-0.2, 0) is 10.1 Å². The number of aromatic nitrogens is 1. The minimum Gasteiger partial charge on any atom is -0.363 e. The Bertz CT molecular complexity index is 911. The molecule has 0 fully saturated rings. The summed E-state index contributed by atoms with van der Waals surface area (Å²) in [5, 5.41) is 4.00. The third kappa shape index (κ3) is 2.79. The van der Waals surface area contributed by atoms with Crippen LogP contribution in [0.15, 0.2) is 64.2 Å². The molecule has 1 aromatic heterocycles. The lowest BCUT2D eigenvalue weighted by Crippen LogP contribution is -1.97. The number of hydrogen-bond acceptors (Lipinski definition) is 4. The third-order valence-electron chi connectivity index (χ3n) is 3.32. The van der Waals surface area contributed by atoms with E-state index >= 15 is 0 Å². The van der Waals surface area contributed by atoms with Crippen molar-refractivity contribution in [2.75, 3.05) is 0 Å². The molecule has 2 aromatic carbocycles. The second-order valence-electron chi connectivity index (χ2n) is 4.95.